The van der Waals surface area contributed by atoms with Gasteiger partial charge in [-0.2, -0.15) is 23.4 Å². The molecule has 0 aliphatic heterocycles. The summed E-state index contributed by atoms with van der Waals surface area (Å²) in [6.07, 6.45) is 6.08. The Balaban J connectivity index is 0.000000408. The van der Waals surface area contributed by atoms with Crippen molar-refractivity contribution in [3.63, 3.8) is 0 Å². The molecule has 4 heterocycles. The molecule has 4 aromatic heterocycles. The first-order valence-electron chi connectivity index (χ1n) is 10.3. The number of carbonyl (C=O) groups excluding carboxylic acids is 1. The van der Waals surface area contributed by atoms with Crippen molar-refractivity contribution in [2.75, 3.05) is 11.9 Å². The van der Waals surface area contributed by atoms with Gasteiger partial charge in [-0.15, -0.1) is 11.3 Å². The summed E-state index contributed by atoms with van der Waals surface area (Å²) in [5, 5.41) is 24.1. The highest BCUT2D eigenvalue weighted by Crippen LogP contribution is 2.35. The van der Waals surface area contributed by atoms with Gasteiger partial charge in [-0.3, -0.25) is 19.6 Å². The largest absolute Gasteiger partial charge is 0.411 e. The van der Waals surface area contributed by atoms with E-state index in [9.17, 15) is 18.0 Å². The molecule has 0 unspecified atom stereocenters. The highest BCUT2D eigenvalue weighted by Gasteiger charge is 2.25. The highest BCUT2D eigenvalue weighted by molar-refractivity contribution is 7.13. The van der Waals surface area contributed by atoms with Crippen molar-refractivity contribution in [3.05, 3.63) is 54.1 Å². The smallest absolute Gasteiger partial charge is 0.387 e. The summed E-state index contributed by atoms with van der Waals surface area (Å²) < 4.78 is 33.5. The molecule has 1 aliphatic carbocycles. The number of aliphatic hydroxyl groups excluding tert-OH is 1. The van der Waals surface area contributed by atoms with E-state index in [1.165, 1.54) is 17.8 Å². The second kappa shape index (κ2) is 10.1. The maximum absolute atomic E-state index is 12.8. The van der Waals surface area contributed by atoms with Crippen LogP contribution in [-0.4, -0.2) is 53.7 Å². The predicted molar refractivity (Wildman–Crippen MR) is 119 cm³/mol. The molecule has 0 atom stereocenters. The number of alkyl halides is 3. The van der Waals surface area contributed by atoms with Crippen LogP contribution in [0.5, 0.6) is 0 Å². The first-order valence-corrected chi connectivity index (χ1v) is 11.2. The van der Waals surface area contributed by atoms with Crippen LogP contribution in [0.2, 0.25) is 0 Å². The van der Waals surface area contributed by atoms with E-state index in [-0.39, 0.29) is 5.91 Å². The van der Waals surface area contributed by atoms with Crippen LogP contribution in [0.1, 0.15) is 35.8 Å². The monoisotopic (exact) mass is 491 g/mol. The van der Waals surface area contributed by atoms with Crippen molar-refractivity contribution in [3.8, 4) is 22.0 Å². The molecule has 5 rings (SSSR count). The van der Waals surface area contributed by atoms with Gasteiger partial charge in [0.15, 0.2) is 0 Å². The van der Waals surface area contributed by atoms with Gasteiger partial charge in [0.25, 0.3) is 5.91 Å². The molecule has 1 aliphatic rings. The Morgan fingerprint density at radius 2 is 2.12 bits per heavy atom. The number of hydrogen-bond acceptors (Lipinski definition) is 7. The minimum atomic E-state index is -4.40. The van der Waals surface area contributed by atoms with E-state index in [1.54, 1.807) is 24.0 Å². The van der Waals surface area contributed by atoms with Crippen LogP contribution in [-0.2, 0) is 0 Å². The van der Waals surface area contributed by atoms with Crippen LogP contribution < -0.4 is 5.32 Å². The molecule has 1 saturated carbocycles. The summed E-state index contributed by atoms with van der Waals surface area (Å²) in [6, 6.07) is 6.05. The lowest BCUT2D eigenvalue weighted by Gasteiger charge is -2.25. The zero-order chi connectivity index (χ0) is 24.1. The van der Waals surface area contributed by atoms with Gasteiger partial charge in [-0.05, 0) is 31.4 Å². The number of aromatic nitrogens is 6. The minimum absolute atomic E-state index is 0.267. The van der Waals surface area contributed by atoms with Gasteiger partial charge < -0.3 is 10.4 Å². The molecular formula is C21H20F3N7O2S. The van der Waals surface area contributed by atoms with Crippen molar-refractivity contribution in [2.24, 2.45) is 0 Å². The molecule has 178 valence electrons. The summed E-state index contributed by atoms with van der Waals surface area (Å²) in [6.45, 7) is -1.73. The zero-order valence-electron chi connectivity index (χ0n) is 17.7. The molecule has 3 N–H and O–H groups in total. The Bertz CT molecular complexity index is 1220. The van der Waals surface area contributed by atoms with E-state index in [1.807, 2.05) is 29.1 Å². The number of nitrogens with zero attached hydrogens (tertiary/aromatic N) is 5. The molecule has 4 aromatic rings. The molecule has 0 saturated heterocycles. The van der Waals surface area contributed by atoms with Crippen LogP contribution in [0, 0.1) is 0 Å². The minimum Gasteiger partial charge on any atom is -0.387 e. The Morgan fingerprint density at radius 1 is 1.32 bits per heavy atom. The third-order valence-corrected chi connectivity index (χ3v) is 5.89. The summed E-state index contributed by atoms with van der Waals surface area (Å²) in [5.41, 5.74) is 3.27. The maximum atomic E-state index is 12.8. The molecule has 0 aromatic carbocycles. The fraction of sp³-hybridized carbons (Fsp3) is 0.286. The number of aromatic amines is 1. The molecule has 0 radical (unpaired) electrons. The number of anilines is 1. The Morgan fingerprint density at radius 3 is 2.71 bits per heavy atom. The average Bonchev–Trinajstić information content (AvgIpc) is 3.54. The van der Waals surface area contributed by atoms with Gasteiger partial charge in [-0.25, -0.2) is 4.98 Å². The Kier molecular flexibility index (Phi) is 7.03. The van der Waals surface area contributed by atoms with Crippen LogP contribution in [0.3, 0.4) is 0 Å². The average molecular weight is 491 g/mol. The fourth-order valence-corrected chi connectivity index (χ4v) is 3.86. The first-order chi connectivity index (χ1) is 16.3. The van der Waals surface area contributed by atoms with Gasteiger partial charge in [0, 0.05) is 29.5 Å². The van der Waals surface area contributed by atoms with E-state index >= 15 is 0 Å². The SMILES string of the molecule is O=C(Nc1cn(C2CCC2)nc1-c1ccccn1)c1csc(-c2cn[nH]c2)n1.OCC(F)(F)F. The molecule has 9 nitrogen and oxygen atoms in total. The molecule has 1 amide bonds. The Hall–Kier alpha value is -3.58. The topological polar surface area (TPSA) is 122 Å². The van der Waals surface area contributed by atoms with Crippen LogP contribution in [0.15, 0.2) is 48.4 Å². The second-order valence-corrected chi connectivity index (χ2v) is 8.28. The number of H-pyrrole nitrogens is 1. The molecule has 0 spiro atoms. The van der Waals surface area contributed by atoms with E-state index < -0.39 is 12.8 Å². The zero-order valence-corrected chi connectivity index (χ0v) is 18.5. The fourth-order valence-electron chi connectivity index (χ4n) is 3.08. The Labute approximate surface area is 195 Å². The van der Waals surface area contributed by atoms with Gasteiger partial charge in [0.05, 0.1) is 23.6 Å². The number of aliphatic hydroxyl groups is 1. The standard InChI is InChI=1S/C19H17N7OS.C2H3F3O/c27-18(16-11-28-19(24-16)12-8-21-22-9-12)23-15-10-26(13-4-3-5-13)25-17(15)14-6-1-2-7-20-14;3-2(4,5)1-6/h1-2,6-11,13H,3-5H2,(H,21,22)(H,23,27);6H,1H2. The lowest BCUT2D eigenvalue weighted by molar-refractivity contribution is -0.159. The maximum Gasteiger partial charge on any atom is 0.411 e. The summed E-state index contributed by atoms with van der Waals surface area (Å²) in [4.78, 5) is 21.6. The number of halogens is 3. The second-order valence-electron chi connectivity index (χ2n) is 7.42. The number of nitrogens with one attached hydrogen (secondary N) is 2. The van der Waals surface area contributed by atoms with Crippen LogP contribution >= 0.6 is 11.3 Å². The van der Waals surface area contributed by atoms with Gasteiger partial charge in [0.1, 0.15) is 23.0 Å². The molecule has 34 heavy (non-hydrogen) atoms. The first kappa shape index (κ1) is 23.6. The summed E-state index contributed by atoms with van der Waals surface area (Å²) >= 11 is 1.40. The van der Waals surface area contributed by atoms with Crippen LogP contribution in [0.25, 0.3) is 22.0 Å². The molecule has 0 bridgehead atoms. The van der Waals surface area contributed by atoms with Crippen molar-refractivity contribution in [1.29, 1.82) is 0 Å². The van der Waals surface area contributed by atoms with Gasteiger partial charge in [-0.1, -0.05) is 6.07 Å². The molecule has 1 fully saturated rings. The third kappa shape index (κ3) is 5.66. The molecular weight excluding hydrogens is 471 g/mol. The number of pyridine rings is 1. The van der Waals surface area contributed by atoms with Gasteiger partial charge >= 0.3 is 6.18 Å². The summed E-state index contributed by atoms with van der Waals surface area (Å²) in [5.74, 6) is -0.267. The number of hydrogen-bond donors (Lipinski definition) is 3. The highest BCUT2D eigenvalue weighted by atomic mass is 32.1. The molecule has 13 heteroatoms. The lowest BCUT2D eigenvalue weighted by atomic mass is 9.93. The number of thiazole rings is 1. The number of carbonyl (C=O) groups is 1. The summed E-state index contributed by atoms with van der Waals surface area (Å²) in [7, 11) is 0. The van der Waals surface area contributed by atoms with Gasteiger partial charge in [0.2, 0.25) is 0 Å². The van der Waals surface area contributed by atoms with E-state index in [0.29, 0.717) is 23.1 Å². The lowest BCUT2D eigenvalue weighted by Crippen LogP contribution is -2.17. The predicted octanol–water partition coefficient (Wildman–Crippen LogP) is 4.31. The van der Waals surface area contributed by atoms with E-state index in [0.717, 1.165) is 29.1 Å². The van der Waals surface area contributed by atoms with Crippen molar-refractivity contribution < 1.29 is 23.1 Å². The number of amides is 1. The van der Waals surface area contributed by atoms with Crippen LogP contribution in [0.4, 0.5) is 18.9 Å². The van der Waals surface area contributed by atoms with E-state index in [4.69, 9.17) is 10.2 Å². The normalized spacial score (nSPS) is 13.6. The van der Waals surface area contributed by atoms with Crippen molar-refractivity contribution in [2.45, 2.75) is 31.5 Å². The van der Waals surface area contributed by atoms with Crippen molar-refractivity contribution >= 4 is 22.9 Å². The van der Waals surface area contributed by atoms with E-state index in [2.05, 4.69) is 25.5 Å². The third-order valence-electron chi connectivity index (χ3n) is 5.00. The number of rotatable bonds is 5. The van der Waals surface area contributed by atoms with Crippen molar-refractivity contribution in [1.82, 2.24) is 29.9 Å². The quantitative estimate of drug-likeness (QED) is 0.383.